The van der Waals surface area contributed by atoms with Crippen LogP contribution in [0.1, 0.15) is 59.7 Å². The Morgan fingerprint density at radius 1 is 1.08 bits per heavy atom. The second-order valence-electron chi connectivity index (χ2n) is 9.40. The van der Waals surface area contributed by atoms with Crippen molar-refractivity contribution in [3.8, 4) is 5.75 Å². The summed E-state index contributed by atoms with van der Waals surface area (Å²) in [6, 6.07) is 18.2. The molecular weight excluding hydrogens is 529 g/mol. The summed E-state index contributed by atoms with van der Waals surface area (Å²) in [6.07, 6.45) is 8.48. The van der Waals surface area contributed by atoms with Gasteiger partial charge in [-0.3, -0.25) is 14.8 Å². The van der Waals surface area contributed by atoms with Gasteiger partial charge in [-0.25, -0.2) is 0 Å². The molecule has 4 rings (SSSR count). The number of aliphatic imine (C=N–C) groups is 1. The van der Waals surface area contributed by atoms with Crippen molar-refractivity contribution in [1.82, 2.24) is 4.98 Å². The summed E-state index contributed by atoms with van der Waals surface area (Å²) in [6.45, 7) is 5.48. The van der Waals surface area contributed by atoms with E-state index < -0.39 is 0 Å². The van der Waals surface area contributed by atoms with Crippen LogP contribution in [0.25, 0.3) is 17.0 Å². The molecule has 0 aliphatic carbocycles. The molecule has 1 heterocycles. The van der Waals surface area contributed by atoms with Crippen molar-refractivity contribution >= 4 is 57.9 Å². The predicted molar refractivity (Wildman–Crippen MR) is 164 cm³/mol. The van der Waals surface area contributed by atoms with E-state index in [9.17, 15) is 9.90 Å². The van der Waals surface area contributed by atoms with Crippen LogP contribution in [0, 0.1) is 0 Å². The molecule has 0 spiro atoms. The maximum absolute atomic E-state index is 12.6. The summed E-state index contributed by atoms with van der Waals surface area (Å²) in [7, 11) is 0. The quantitative estimate of drug-likeness (QED) is 0.0834. The molecule has 0 amide bonds. The van der Waals surface area contributed by atoms with Crippen molar-refractivity contribution in [3.63, 3.8) is 0 Å². The molecule has 200 valence electrons. The highest BCUT2D eigenvalue weighted by molar-refractivity contribution is 6.31. The van der Waals surface area contributed by atoms with Crippen LogP contribution in [-0.4, -0.2) is 35.2 Å². The van der Waals surface area contributed by atoms with E-state index in [4.69, 9.17) is 23.2 Å². The van der Waals surface area contributed by atoms with E-state index in [1.54, 1.807) is 48.8 Å². The fourth-order valence-electron chi connectivity index (χ4n) is 4.21. The molecule has 5 nitrogen and oxygen atoms in total. The molecule has 0 fully saturated rings. The Hall–Kier alpha value is -3.67. The van der Waals surface area contributed by atoms with Gasteiger partial charge in [0, 0.05) is 57.7 Å². The Bertz CT molecular complexity index is 1510. The topological polar surface area (TPSA) is 74.6 Å². The predicted octanol–water partition coefficient (Wildman–Crippen LogP) is 8.58. The molecule has 0 radical (unpaired) electrons. The average Bonchev–Trinajstić information content (AvgIpc) is 2.94. The second kappa shape index (κ2) is 13.4. The zero-order chi connectivity index (χ0) is 27.8. The zero-order valence-electron chi connectivity index (χ0n) is 22.0. The number of phenolic OH excluding ortho intramolecular Hbond substituents is 1. The average molecular weight is 561 g/mol. The van der Waals surface area contributed by atoms with Gasteiger partial charge >= 0.3 is 0 Å². The van der Waals surface area contributed by atoms with Crippen LogP contribution in [0.2, 0.25) is 10.0 Å². The van der Waals surface area contributed by atoms with Crippen LogP contribution >= 0.6 is 23.2 Å². The highest BCUT2D eigenvalue weighted by atomic mass is 35.5. The first-order chi connectivity index (χ1) is 18.9. The van der Waals surface area contributed by atoms with Crippen molar-refractivity contribution in [2.45, 2.75) is 32.6 Å². The molecule has 3 aromatic carbocycles. The lowest BCUT2D eigenvalue weighted by Gasteiger charge is -2.14. The standard InChI is InChI=1S/C32H31Cl2N3O2/c1-3-21(2)28-18-22(5-12-31(38)23-6-8-25(33)9-7-23)17-24(32(28)39)20-35-14-4-15-36-29-13-16-37-30-19-26(34)10-11-27(29)30/h5-13,16-21,39H,3-4,14-15H2,1-2H3,(H,36,37)/b12-5+,35-20?. The molecule has 39 heavy (non-hydrogen) atoms. The number of hydrogen-bond acceptors (Lipinski definition) is 5. The van der Waals surface area contributed by atoms with Gasteiger partial charge in [0.1, 0.15) is 5.75 Å². The number of benzene rings is 3. The number of hydrogen-bond donors (Lipinski definition) is 2. The third-order valence-corrected chi connectivity index (χ3v) is 7.09. The number of pyridine rings is 1. The van der Waals surface area contributed by atoms with Gasteiger partial charge in [0.25, 0.3) is 0 Å². The Morgan fingerprint density at radius 3 is 2.62 bits per heavy atom. The third-order valence-electron chi connectivity index (χ3n) is 6.60. The Morgan fingerprint density at radius 2 is 1.85 bits per heavy atom. The Labute approximate surface area is 239 Å². The van der Waals surface area contributed by atoms with E-state index in [0.717, 1.165) is 47.1 Å². The lowest BCUT2D eigenvalue weighted by molar-refractivity contribution is 0.104. The van der Waals surface area contributed by atoms with Crippen molar-refractivity contribution in [3.05, 3.63) is 105 Å². The first kappa shape index (κ1) is 28.3. The molecule has 1 unspecified atom stereocenters. The molecule has 4 aromatic rings. The van der Waals surface area contributed by atoms with Gasteiger partial charge in [0.2, 0.25) is 0 Å². The van der Waals surface area contributed by atoms with Crippen LogP contribution in [0.5, 0.6) is 5.75 Å². The lowest BCUT2D eigenvalue weighted by atomic mass is 9.93. The van der Waals surface area contributed by atoms with Crippen molar-refractivity contribution in [1.29, 1.82) is 0 Å². The number of halogens is 2. The lowest BCUT2D eigenvalue weighted by Crippen LogP contribution is -2.04. The SMILES string of the molecule is CCC(C)c1cc(/C=C/C(=O)c2ccc(Cl)cc2)cc(C=NCCCNc2ccnc3cc(Cl)ccc23)c1O. The van der Waals surface area contributed by atoms with Crippen molar-refractivity contribution in [2.75, 3.05) is 18.4 Å². The van der Waals surface area contributed by atoms with E-state index >= 15 is 0 Å². The summed E-state index contributed by atoms with van der Waals surface area (Å²) < 4.78 is 0. The highest BCUT2D eigenvalue weighted by Crippen LogP contribution is 2.32. The first-order valence-electron chi connectivity index (χ1n) is 13.0. The maximum Gasteiger partial charge on any atom is 0.185 e. The molecule has 0 aliphatic heterocycles. The number of anilines is 1. The minimum Gasteiger partial charge on any atom is -0.507 e. The summed E-state index contributed by atoms with van der Waals surface area (Å²) in [5.41, 5.74) is 4.72. The maximum atomic E-state index is 12.6. The van der Waals surface area contributed by atoms with Crippen molar-refractivity contribution in [2.24, 2.45) is 4.99 Å². The van der Waals surface area contributed by atoms with Gasteiger partial charge in [0.15, 0.2) is 5.78 Å². The van der Waals surface area contributed by atoms with Crippen molar-refractivity contribution < 1.29 is 9.90 Å². The van der Waals surface area contributed by atoms with Gasteiger partial charge in [-0.1, -0.05) is 43.1 Å². The number of fused-ring (bicyclic) bond motifs is 1. The number of aromatic hydroxyl groups is 1. The minimum atomic E-state index is -0.113. The van der Waals surface area contributed by atoms with Gasteiger partial charge in [0.05, 0.1) is 5.52 Å². The van der Waals surface area contributed by atoms with Gasteiger partial charge in [-0.15, -0.1) is 0 Å². The monoisotopic (exact) mass is 559 g/mol. The van der Waals surface area contributed by atoms with E-state index in [1.807, 2.05) is 36.4 Å². The van der Waals surface area contributed by atoms with E-state index in [2.05, 4.69) is 29.1 Å². The van der Waals surface area contributed by atoms with Gasteiger partial charge < -0.3 is 10.4 Å². The number of rotatable bonds is 11. The first-order valence-corrected chi connectivity index (χ1v) is 13.7. The number of allylic oxidation sites excluding steroid dienone is 1. The number of carbonyl (C=O) groups excluding carboxylic acids is 1. The van der Waals surface area contributed by atoms with Gasteiger partial charge in [-0.05, 0) is 96.6 Å². The molecule has 0 aliphatic rings. The Balaban J connectivity index is 1.42. The number of carbonyl (C=O) groups is 1. The zero-order valence-corrected chi connectivity index (χ0v) is 23.5. The summed E-state index contributed by atoms with van der Waals surface area (Å²) in [5, 5.41) is 16.7. The number of aromatic nitrogens is 1. The molecule has 1 atom stereocenters. The number of nitrogens with zero attached hydrogens (tertiary/aromatic N) is 2. The summed E-state index contributed by atoms with van der Waals surface area (Å²) >= 11 is 12.0. The molecule has 1 aromatic heterocycles. The molecule has 0 saturated heterocycles. The Kier molecular flexibility index (Phi) is 9.74. The fraction of sp³-hybridized carbons (Fsp3) is 0.219. The number of nitrogens with one attached hydrogen (secondary N) is 1. The third kappa shape index (κ3) is 7.47. The molecule has 2 N–H and O–H groups in total. The van der Waals surface area contributed by atoms with E-state index in [1.165, 1.54) is 0 Å². The summed E-state index contributed by atoms with van der Waals surface area (Å²) in [4.78, 5) is 21.5. The molecule has 7 heteroatoms. The van der Waals surface area contributed by atoms with Crippen LogP contribution in [0.4, 0.5) is 5.69 Å². The normalized spacial score (nSPS) is 12.4. The molecule has 0 bridgehead atoms. The smallest absolute Gasteiger partial charge is 0.185 e. The number of ketones is 1. The van der Waals surface area contributed by atoms with Crippen LogP contribution in [-0.2, 0) is 0 Å². The van der Waals surface area contributed by atoms with Crippen LogP contribution in [0.3, 0.4) is 0 Å². The van der Waals surface area contributed by atoms with E-state index in [-0.39, 0.29) is 17.5 Å². The largest absolute Gasteiger partial charge is 0.507 e. The van der Waals surface area contributed by atoms with Gasteiger partial charge in [-0.2, -0.15) is 0 Å². The number of phenols is 1. The molecule has 0 saturated carbocycles. The summed E-state index contributed by atoms with van der Waals surface area (Å²) in [5.74, 6) is 0.277. The van der Waals surface area contributed by atoms with Crippen LogP contribution < -0.4 is 5.32 Å². The van der Waals surface area contributed by atoms with Crippen LogP contribution in [0.15, 0.2) is 77.9 Å². The molecular formula is C32H31Cl2N3O2. The minimum absolute atomic E-state index is 0.113. The highest BCUT2D eigenvalue weighted by Gasteiger charge is 2.13. The second-order valence-corrected chi connectivity index (χ2v) is 10.3. The van der Waals surface area contributed by atoms with E-state index in [0.29, 0.717) is 27.7 Å². The fourth-order valence-corrected chi connectivity index (χ4v) is 4.50.